The van der Waals surface area contributed by atoms with Crippen LogP contribution in [0.1, 0.15) is 26.7 Å². The van der Waals surface area contributed by atoms with Gasteiger partial charge in [0.2, 0.25) is 0 Å². The zero-order valence-corrected chi connectivity index (χ0v) is 10.2. The third-order valence-electron chi connectivity index (χ3n) is 2.19. The fourth-order valence-corrected chi connectivity index (χ4v) is 1.21. The molecule has 0 fully saturated rings. The van der Waals surface area contributed by atoms with E-state index in [1.807, 2.05) is 27.9 Å². The van der Waals surface area contributed by atoms with Crippen molar-refractivity contribution >= 4 is 17.2 Å². The molecule has 0 saturated carbocycles. The Kier molecular flexibility index (Phi) is 6.24. The van der Waals surface area contributed by atoms with Crippen LogP contribution in [0.15, 0.2) is 0 Å². The second-order valence-corrected chi connectivity index (χ2v) is 4.66. The third-order valence-corrected chi connectivity index (χ3v) is 2.72. The fraction of sp³-hybridized carbons (Fsp3) is 0.900. The molecule has 14 heavy (non-hydrogen) atoms. The van der Waals surface area contributed by atoms with Crippen LogP contribution >= 0.6 is 12.2 Å². The number of nitrogens with zero attached hydrogens (tertiary/aromatic N) is 1. The van der Waals surface area contributed by atoms with Gasteiger partial charge in [-0.25, -0.2) is 0 Å². The average Bonchev–Trinajstić information content (AvgIpc) is 2.03. The van der Waals surface area contributed by atoms with Gasteiger partial charge in [-0.2, -0.15) is 0 Å². The van der Waals surface area contributed by atoms with Gasteiger partial charge < -0.3 is 15.1 Å². The summed E-state index contributed by atoms with van der Waals surface area (Å²) in [5.41, 5.74) is 0. The van der Waals surface area contributed by atoms with Gasteiger partial charge >= 0.3 is 0 Å². The maximum atomic E-state index is 9.61. The van der Waals surface area contributed by atoms with E-state index in [1.165, 1.54) is 0 Å². The molecule has 84 valence electrons. The predicted octanol–water partition coefficient (Wildman–Crippen LogP) is 1.03. The molecule has 0 aromatic rings. The van der Waals surface area contributed by atoms with Crippen LogP contribution in [0.4, 0.5) is 0 Å². The zero-order valence-electron chi connectivity index (χ0n) is 9.40. The lowest BCUT2D eigenvalue weighted by molar-refractivity contribution is 0.0561. The highest BCUT2D eigenvalue weighted by Gasteiger charge is 2.16. The van der Waals surface area contributed by atoms with Gasteiger partial charge in [-0.15, -0.1) is 0 Å². The lowest BCUT2D eigenvalue weighted by Crippen LogP contribution is -2.28. The van der Waals surface area contributed by atoms with Crippen molar-refractivity contribution < 1.29 is 10.2 Å². The van der Waals surface area contributed by atoms with Crippen molar-refractivity contribution in [1.29, 1.82) is 0 Å². The van der Waals surface area contributed by atoms with E-state index < -0.39 is 12.2 Å². The second-order valence-electron chi connectivity index (χ2n) is 4.19. The smallest absolute Gasteiger partial charge is 0.0800 e. The van der Waals surface area contributed by atoms with Gasteiger partial charge in [0.25, 0.3) is 0 Å². The highest BCUT2D eigenvalue weighted by Crippen LogP contribution is 2.11. The molecule has 0 rings (SSSR count). The Labute approximate surface area is 91.7 Å². The van der Waals surface area contributed by atoms with Crippen molar-refractivity contribution in [3.8, 4) is 0 Å². The Morgan fingerprint density at radius 3 is 2.14 bits per heavy atom. The summed E-state index contributed by atoms with van der Waals surface area (Å²) in [5.74, 6) is 0.178. The topological polar surface area (TPSA) is 43.7 Å². The minimum atomic E-state index is -0.540. The Morgan fingerprint density at radius 2 is 1.79 bits per heavy atom. The molecule has 0 amide bonds. The Bertz CT molecular complexity index is 183. The van der Waals surface area contributed by atoms with Crippen LogP contribution in [0.5, 0.6) is 0 Å². The SMILES string of the molecule is CC(C)[C@H](O)C[C@@H](O)CC(=S)N(C)C. The van der Waals surface area contributed by atoms with E-state index in [0.29, 0.717) is 17.8 Å². The summed E-state index contributed by atoms with van der Waals surface area (Å²) >= 11 is 5.06. The molecular weight excluding hydrogens is 198 g/mol. The Balaban J connectivity index is 3.86. The minimum Gasteiger partial charge on any atom is -0.393 e. The van der Waals surface area contributed by atoms with Crippen LogP contribution in [-0.2, 0) is 0 Å². The molecule has 0 heterocycles. The monoisotopic (exact) mass is 219 g/mol. The van der Waals surface area contributed by atoms with E-state index in [2.05, 4.69) is 0 Å². The third kappa shape index (κ3) is 5.52. The Hall–Kier alpha value is -0.190. The largest absolute Gasteiger partial charge is 0.393 e. The van der Waals surface area contributed by atoms with Crippen molar-refractivity contribution in [2.45, 2.75) is 38.9 Å². The molecule has 0 aliphatic carbocycles. The number of thiocarbonyl (C=S) groups is 1. The highest BCUT2D eigenvalue weighted by molar-refractivity contribution is 7.80. The van der Waals surface area contributed by atoms with Gasteiger partial charge in [-0.3, -0.25) is 0 Å². The number of hydrogen-bond acceptors (Lipinski definition) is 3. The zero-order chi connectivity index (χ0) is 11.3. The van der Waals surface area contributed by atoms with E-state index in [0.717, 1.165) is 0 Å². The van der Waals surface area contributed by atoms with Gasteiger partial charge in [0.15, 0.2) is 0 Å². The number of rotatable bonds is 5. The average molecular weight is 219 g/mol. The van der Waals surface area contributed by atoms with Crippen molar-refractivity contribution in [3.63, 3.8) is 0 Å². The minimum absolute atomic E-state index is 0.178. The summed E-state index contributed by atoms with van der Waals surface area (Å²) in [4.78, 5) is 2.52. The van der Waals surface area contributed by atoms with Crippen molar-refractivity contribution in [2.75, 3.05) is 14.1 Å². The van der Waals surface area contributed by atoms with Crippen LogP contribution in [0.25, 0.3) is 0 Å². The first-order chi connectivity index (χ1) is 6.34. The molecule has 0 aliphatic rings. The van der Waals surface area contributed by atoms with Crippen LogP contribution in [0, 0.1) is 5.92 Å². The first kappa shape index (κ1) is 13.8. The van der Waals surface area contributed by atoms with Crippen molar-refractivity contribution in [2.24, 2.45) is 5.92 Å². The van der Waals surface area contributed by atoms with Gasteiger partial charge in [-0.1, -0.05) is 26.1 Å². The summed E-state index contributed by atoms with van der Waals surface area (Å²) in [7, 11) is 3.71. The lowest BCUT2D eigenvalue weighted by atomic mass is 10.00. The highest BCUT2D eigenvalue weighted by atomic mass is 32.1. The van der Waals surface area contributed by atoms with Crippen LogP contribution in [-0.4, -0.2) is 46.4 Å². The summed E-state index contributed by atoms with van der Waals surface area (Å²) in [6.45, 7) is 3.86. The van der Waals surface area contributed by atoms with Gasteiger partial charge in [0.1, 0.15) is 0 Å². The maximum Gasteiger partial charge on any atom is 0.0800 e. The second kappa shape index (κ2) is 6.32. The van der Waals surface area contributed by atoms with E-state index in [-0.39, 0.29) is 5.92 Å². The summed E-state index contributed by atoms with van der Waals surface area (Å²) in [6, 6.07) is 0. The molecule has 4 heteroatoms. The molecule has 0 radical (unpaired) electrons. The normalized spacial score (nSPS) is 15.4. The molecule has 0 bridgehead atoms. The van der Waals surface area contributed by atoms with Crippen molar-refractivity contribution in [3.05, 3.63) is 0 Å². The summed E-state index contributed by atoms with van der Waals surface area (Å²) < 4.78 is 0. The van der Waals surface area contributed by atoms with E-state index in [1.54, 1.807) is 4.90 Å². The van der Waals surface area contributed by atoms with Gasteiger partial charge in [-0.05, 0) is 12.3 Å². The molecule has 2 atom stereocenters. The fourth-order valence-electron chi connectivity index (χ4n) is 1.02. The molecule has 0 spiro atoms. The van der Waals surface area contributed by atoms with E-state index in [9.17, 15) is 10.2 Å². The molecule has 0 saturated heterocycles. The number of hydrogen-bond donors (Lipinski definition) is 2. The van der Waals surface area contributed by atoms with Crippen LogP contribution in [0.2, 0.25) is 0 Å². The van der Waals surface area contributed by atoms with E-state index >= 15 is 0 Å². The quantitative estimate of drug-likeness (QED) is 0.678. The molecule has 0 aromatic heterocycles. The molecule has 0 aromatic carbocycles. The van der Waals surface area contributed by atoms with Crippen molar-refractivity contribution in [1.82, 2.24) is 4.90 Å². The molecule has 2 N–H and O–H groups in total. The number of aliphatic hydroxyl groups is 2. The molecule has 0 aliphatic heterocycles. The lowest BCUT2D eigenvalue weighted by Gasteiger charge is -2.21. The standard InChI is InChI=1S/C10H21NO2S/c1-7(2)9(13)5-8(12)6-10(14)11(3)4/h7-9,12-13H,5-6H2,1-4H3/t8-,9-/m1/s1. The maximum absolute atomic E-state index is 9.61. The van der Waals surface area contributed by atoms with Crippen LogP contribution in [0.3, 0.4) is 0 Å². The van der Waals surface area contributed by atoms with Gasteiger partial charge in [0.05, 0.1) is 17.2 Å². The molecule has 0 unspecified atom stereocenters. The summed E-state index contributed by atoms with van der Waals surface area (Å²) in [6.07, 6.45) is -0.144. The molecular formula is C10H21NO2S. The summed E-state index contributed by atoms with van der Waals surface area (Å²) in [5, 5.41) is 19.1. The van der Waals surface area contributed by atoms with E-state index in [4.69, 9.17) is 12.2 Å². The van der Waals surface area contributed by atoms with Gasteiger partial charge in [0, 0.05) is 20.5 Å². The van der Waals surface area contributed by atoms with Crippen LogP contribution < -0.4 is 0 Å². The number of aliphatic hydroxyl groups excluding tert-OH is 2. The predicted molar refractivity (Wildman–Crippen MR) is 62.4 cm³/mol. The first-order valence-corrected chi connectivity index (χ1v) is 5.31. The first-order valence-electron chi connectivity index (χ1n) is 4.90. The molecule has 3 nitrogen and oxygen atoms in total. The Morgan fingerprint density at radius 1 is 1.29 bits per heavy atom.